The van der Waals surface area contributed by atoms with E-state index in [1.54, 1.807) is 24.1 Å². The van der Waals surface area contributed by atoms with Crippen LogP contribution in [0.4, 0.5) is 10.2 Å². The van der Waals surface area contributed by atoms with E-state index in [4.69, 9.17) is 16.1 Å². The molecule has 2 aromatic heterocycles. The fraction of sp³-hybridized carbons (Fsp3) is 0.250. The largest absolute Gasteiger partial charge is 0.360 e. The van der Waals surface area contributed by atoms with Gasteiger partial charge in [-0.3, -0.25) is 4.79 Å². The number of nitrogens with zero attached hydrogens (tertiary/aromatic N) is 4. The minimum atomic E-state index is -0.550. The fourth-order valence-corrected chi connectivity index (χ4v) is 3.86. The zero-order chi connectivity index (χ0) is 20.5. The lowest BCUT2D eigenvalue weighted by atomic mass is 10.0. The third kappa shape index (κ3) is 3.86. The molecule has 1 saturated heterocycles. The van der Waals surface area contributed by atoms with Gasteiger partial charge in [-0.25, -0.2) is 9.37 Å². The Bertz CT molecular complexity index is 1030. The zero-order valence-corrected chi connectivity index (χ0v) is 17.9. The molecule has 150 valence electrons. The van der Waals surface area contributed by atoms with E-state index < -0.39 is 5.82 Å². The number of aromatic nitrogens is 2. The molecule has 0 atom stereocenters. The molecule has 1 aliphatic rings. The van der Waals surface area contributed by atoms with Crippen molar-refractivity contribution in [2.45, 2.75) is 6.92 Å². The average Bonchev–Trinajstić information content (AvgIpc) is 3.09. The van der Waals surface area contributed by atoms with E-state index in [1.807, 2.05) is 12.1 Å². The van der Waals surface area contributed by atoms with Crippen LogP contribution in [-0.4, -0.2) is 47.1 Å². The number of aryl methyl sites for hydroxylation is 1. The molecular weight excluding hydrogens is 463 g/mol. The lowest BCUT2D eigenvalue weighted by Gasteiger charge is -2.35. The molecule has 0 bridgehead atoms. The van der Waals surface area contributed by atoms with Gasteiger partial charge in [0, 0.05) is 36.8 Å². The zero-order valence-electron chi connectivity index (χ0n) is 15.5. The Hall–Kier alpha value is -2.45. The number of halogens is 3. The van der Waals surface area contributed by atoms with Gasteiger partial charge in [-0.15, -0.1) is 0 Å². The van der Waals surface area contributed by atoms with Gasteiger partial charge in [0.05, 0.1) is 10.6 Å². The number of carbonyl (C=O) groups excluding carboxylic acids is 1. The fourth-order valence-electron chi connectivity index (χ4n) is 3.37. The highest BCUT2D eigenvalue weighted by molar-refractivity contribution is 9.10. The highest BCUT2D eigenvalue weighted by Gasteiger charge is 2.30. The summed E-state index contributed by atoms with van der Waals surface area (Å²) < 4.78 is 20.5. The van der Waals surface area contributed by atoms with E-state index in [2.05, 4.69) is 31.0 Å². The molecule has 0 aliphatic carbocycles. The van der Waals surface area contributed by atoms with Gasteiger partial charge in [0.25, 0.3) is 5.91 Å². The summed E-state index contributed by atoms with van der Waals surface area (Å²) in [5, 5.41) is 4.10. The molecule has 1 fully saturated rings. The van der Waals surface area contributed by atoms with Crippen molar-refractivity contribution in [1.82, 2.24) is 15.0 Å². The highest BCUT2D eigenvalue weighted by atomic mass is 79.9. The summed E-state index contributed by atoms with van der Waals surface area (Å²) in [6.45, 7) is 3.93. The van der Waals surface area contributed by atoms with E-state index >= 15 is 0 Å². The Balaban J connectivity index is 1.56. The number of amides is 1. The van der Waals surface area contributed by atoms with Gasteiger partial charge in [0.15, 0.2) is 0 Å². The van der Waals surface area contributed by atoms with Gasteiger partial charge in [-0.05, 0) is 47.1 Å². The topological polar surface area (TPSA) is 62.5 Å². The normalized spacial score (nSPS) is 14.3. The summed E-state index contributed by atoms with van der Waals surface area (Å²) in [4.78, 5) is 21.4. The standard InChI is InChI=1S/C20H17BrClFN4O2/c1-12-17(19(25-29-12)18-14(22)3-2-4-15(18)23)20(28)27-9-7-26(8-10-27)16-6-5-13(21)11-24-16/h2-6,11H,7-10H2,1H3. The summed E-state index contributed by atoms with van der Waals surface area (Å²) in [5.74, 6) is 0.397. The first kappa shape index (κ1) is 19.8. The van der Waals surface area contributed by atoms with Crippen LogP contribution >= 0.6 is 27.5 Å². The van der Waals surface area contributed by atoms with Crippen molar-refractivity contribution in [2.24, 2.45) is 0 Å². The van der Waals surface area contributed by atoms with E-state index in [-0.39, 0.29) is 27.8 Å². The monoisotopic (exact) mass is 478 g/mol. The molecule has 0 radical (unpaired) electrons. The summed E-state index contributed by atoms with van der Waals surface area (Å²) in [7, 11) is 0. The second kappa shape index (κ2) is 8.12. The lowest BCUT2D eigenvalue weighted by Crippen LogP contribution is -2.49. The van der Waals surface area contributed by atoms with Crippen molar-refractivity contribution in [3.05, 3.63) is 63.2 Å². The van der Waals surface area contributed by atoms with Gasteiger partial charge in [-0.2, -0.15) is 0 Å². The SMILES string of the molecule is Cc1onc(-c2c(F)cccc2Cl)c1C(=O)N1CCN(c2ccc(Br)cn2)CC1. The van der Waals surface area contributed by atoms with Gasteiger partial charge in [-0.1, -0.05) is 22.8 Å². The van der Waals surface area contributed by atoms with Crippen LogP contribution in [0.25, 0.3) is 11.3 Å². The third-order valence-electron chi connectivity index (χ3n) is 4.88. The van der Waals surface area contributed by atoms with E-state index in [0.717, 1.165) is 10.3 Å². The Kier molecular flexibility index (Phi) is 5.56. The van der Waals surface area contributed by atoms with Gasteiger partial charge in [0.1, 0.15) is 28.7 Å². The number of benzene rings is 1. The molecule has 3 heterocycles. The predicted molar refractivity (Wildman–Crippen MR) is 112 cm³/mol. The first-order valence-corrected chi connectivity index (χ1v) is 10.2. The molecular formula is C20H17BrClFN4O2. The molecule has 1 aromatic carbocycles. The lowest BCUT2D eigenvalue weighted by molar-refractivity contribution is 0.0745. The molecule has 4 rings (SSSR count). The number of anilines is 1. The summed E-state index contributed by atoms with van der Waals surface area (Å²) in [5.41, 5.74) is 0.451. The molecule has 0 spiro atoms. The summed E-state index contributed by atoms with van der Waals surface area (Å²) in [6, 6.07) is 8.21. The van der Waals surface area contributed by atoms with E-state index in [1.165, 1.54) is 12.1 Å². The van der Waals surface area contributed by atoms with Gasteiger partial charge in [0.2, 0.25) is 0 Å². The maximum absolute atomic E-state index is 14.4. The first-order valence-electron chi connectivity index (χ1n) is 9.02. The maximum Gasteiger partial charge on any atom is 0.259 e. The van der Waals surface area contributed by atoms with Crippen molar-refractivity contribution in [3.8, 4) is 11.3 Å². The number of hydrogen-bond acceptors (Lipinski definition) is 5. The minimum Gasteiger partial charge on any atom is -0.360 e. The average molecular weight is 480 g/mol. The molecule has 0 N–H and O–H groups in total. The number of rotatable bonds is 3. The number of pyridine rings is 1. The van der Waals surface area contributed by atoms with Crippen molar-refractivity contribution >= 4 is 39.3 Å². The molecule has 9 heteroatoms. The molecule has 6 nitrogen and oxygen atoms in total. The molecule has 0 unspecified atom stereocenters. The third-order valence-corrected chi connectivity index (χ3v) is 5.66. The number of carbonyl (C=O) groups is 1. The van der Waals surface area contributed by atoms with Crippen LogP contribution in [0.3, 0.4) is 0 Å². The quantitative estimate of drug-likeness (QED) is 0.551. The predicted octanol–water partition coefficient (Wildman–Crippen LogP) is 4.56. The first-order chi connectivity index (χ1) is 14.0. The minimum absolute atomic E-state index is 0.0760. The van der Waals surface area contributed by atoms with Gasteiger partial charge < -0.3 is 14.3 Å². The Morgan fingerprint density at radius 1 is 1.21 bits per heavy atom. The van der Waals surface area contributed by atoms with Crippen molar-refractivity contribution < 1.29 is 13.7 Å². The molecule has 1 aliphatic heterocycles. The Morgan fingerprint density at radius 2 is 1.97 bits per heavy atom. The second-order valence-electron chi connectivity index (χ2n) is 6.67. The van der Waals surface area contributed by atoms with Crippen LogP contribution in [-0.2, 0) is 0 Å². The summed E-state index contributed by atoms with van der Waals surface area (Å²) in [6.07, 6.45) is 1.75. The smallest absolute Gasteiger partial charge is 0.259 e. The van der Waals surface area contributed by atoms with Crippen LogP contribution < -0.4 is 4.90 Å². The Morgan fingerprint density at radius 3 is 2.62 bits per heavy atom. The van der Waals surface area contributed by atoms with Crippen LogP contribution in [0.5, 0.6) is 0 Å². The second-order valence-corrected chi connectivity index (χ2v) is 8.00. The van der Waals surface area contributed by atoms with Gasteiger partial charge >= 0.3 is 0 Å². The van der Waals surface area contributed by atoms with Crippen molar-refractivity contribution in [3.63, 3.8) is 0 Å². The molecule has 0 saturated carbocycles. The van der Waals surface area contributed by atoms with Crippen LogP contribution in [0.15, 0.2) is 45.5 Å². The van der Waals surface area contributed by atoms with Crippen molar-refractivity contribution in [2.75, 3.05) is 31.1 Å². The van der Waals surface area contributed by atoms with E-state index in [9.17, 15) is 9.18 Å². The summed E-state index contributed by atoms with van der Waals surface area (Å²) >= 11 is 9.55. The number of piperazine rings is 1. The van der Waals surface area contributed by atoms with Crippen LogP contribution in [0.2, 0.25) is 5.02 Å². The number of hydrogen-bond donors (Lipinski definition) is 0. The maximum atomic E-state index is 14.4. The van der Waals surface area contributed by atoms with Crippen LogP contribution in [0.1, 0.15) is 16.1 Å². The highest BCUT2D eigenvalue weighted by Crippen LogP contribution is 2.34. The Labute approximate surface area is 180 Å². The molecule has 29 heavy (non-hydrogen) atoms. The van der Waals surface area contributed by atoms with Crippen molar-refractivity contribution in [1.29, 1.82) is 0 Å². The molecule has 1 amide bonds. The van der Waals surface area contributed by atoms with Crippen LogP contribution in [0, 0.1) is 12.7 Å². The molecule has 3 aromatic rings. The van der Waals surface area contributed by atoms with E-state index in [0.29, 0.717) is 31.9 Å².